The van der Waals surface area contributed by atoms with Gasteiger partial charge >= 0.3 is 6.36 Å². The number of amides is 2. The van der Waals surface area contributed by atoms with Crippen molar-refractivity contribution in [1.82, 2.24) is 4.90 Å². The minimum Gasteiger partial charge on any atom is -0.454 e. The van der Waals surface area contributed by atoms with Crippen molar-refractivity contribution in [3.05, 3.63) is 71.8 Å². The molecule has 1 fully saturated rings. The van der Waals surface area contributed by atoms with Gasteiger partial charge in [0.2, 0.25) is 12.7 Å². The number of hydrogen-bond donors (Lipinski definition) is 1. The van der Waals surface area contributed by atoms with Gasteiger partial charge in [-0.2, -0.15) is 0 Å². The summed E-state index contributed by atoms with van der Waals surface area (Å²) in [5, 5.41) is 2.84. The first-order valence-corrected chi connectivity index (χ1v) is 11.5. The number of carbonyl (C=O) groups excluding carboxylic acids is 2. The van der Waals surface area contributed by atoms with Gasteiger partial charge in [0.05, 0.1) is 5.41 Å². The van der Waals surface area contributed by atoms with Crippen LogP contribution in [0, 0.1) is 0 Å². The molecule has 1 aliphatic carbocycles. The van der Waals surface area contributed by atoms with Crippen molar-refractivity contribution < 1.29 is 38.4 Å². The van der Waals surface area contributed by atoms with E-state index in [2.05, 4.69) is 10.1 Å². The van der Waals surface area contributed by atoms with Gasteiger partial charge in [-0.3, -0.25) is 9.59 Å². The van der Waals surface area contributed by atoms with Gasteiger partial charge in [-0.25, -0.2) is 0 Å². The van der Waals surface area contributed by atoms with Crippen LogP contribution < -0.4 is 19.5 Å². The molecule has 0 unspecified atom stereocenters. The van der Waals surface area contributed by atoms with Gasteiger partial charge in [-0.15, -0.1) is 13.2 Å². The molecule has 0 radical (unpaired) electrons. The summed E-state index contributed by atoms with van der Waals surface area (Å²) in [5.74, 6) is 0.152. The average molecular weight is 515 g/mol. The van der Waals surface area contributed by atoms with Gasteiger partial charge in [0.25, 0.3) is 5.91 Å². The molecule has 3 aromatic carbocycles. The highest BCUT2D eigenvalue weighted by molar-refractivity contribution is 6.02. The number of benzene rings is 3. The monoisotopic (exact) mass is 514 g/mol. The Kier molecular flexibility index (Phi) is 5.97. The van der Waals surface area contributed by atoms with E-state index in [-0.39, 0.29) is 25.6 Å². The van der Waals surface area contributed by atoms with Crippen molar-refractivity contribution >= 4 is 17.5 Å². The van der Waals surface area contributed by atoms with Crippen LogP contribution in [-0.2, 0) is 10.2 Å². The van der Waals surface area contributed by atoms with Crippen molar-refractivity contribution in [3.63, 3.8) is 0 Å². The lowest BCUT2D eigenvalue weighted by Gasteiger charge is -2.19. The summed E-state index contributed by atoms with van der Waals surface area (Å²) < 4.78 is 54.4. The maximum atomic E-state index is 13.3. The van der Waals surface area contributed by atoms with E-state index in [0.29, 0.717) is 41.2 Å². The summed E-state index contributed by atoms with van der Waals surface area (Å²) in [6, 6.07) is 15.5. The molecule has 1 aliphatic heterocycles. The lowest BCUT2D eigenvalue weighted by Crippen LogP contribution is -2.27. The van der Waals surface area contributed by atoms with Crippen LogP contribution in [0.3, 0.4) is 0 Å². The van der Waals surface area contributed by atoms with Crippen LogP contribution in [0.5, 0.6) is 17.2 Å². The topological polar surface area (TPSA) is 77.1 Å². The molecule has 0 atom stereocenters. The quantitative estimate of drug-likeness (QED) is 0.464. The fraction of sp³-hybridized carbons (Fsp3) is 0.259. The van der Waals surface area contributed by atoms with E-state index < -0.39 is 17.5 Å². The number of nitrogens with zero attached hydrogens (tertiary/aromatic N) is 1. The molecule has 5 rings (SSSR count). The van der Waals surface area contributed by atoms with Crippen LogP contribution in [-0.4, -0.2) is 44.0 Å². The Morgan fingerprint density at radius 2 is 1.76 bits per heavy atom. The summed E-state index contributed by atoms with van der Waals surface area (Å²) in [7, 11) is 3.16. The third kappa shape index (κ3) is 4.91. The van der Waals surface area contributed by atoms with Crippen molar-refractivity contribution in [2.24, 2.45) is 0 Å². The lowest BCUT2D eigenvalue weighted by molar-refractivity contribution is -0.274. The standard InChI is InChI=1S/C27H23F3N2O5.H2/c1-32(2)24(33)17-5-3-4-16(12-17)20-14-19(7-9-21(20)37-27(28,29)30)31-25(34)26(10-11-26)18-6-8-22-23(13-18)36-15-35-22;/h3-9,12-14H,10-11,15H2,1-2H3,(H,31,34);1H. The molecular weight excluding hydrogens is 489 g/mol. The predicted molar refractivity (Wildman–Crippen MR) is 131 cm³/mol. The van der Waals surface area contributed by atoms with Crippen LogP contribution in [0.4, 0.5) is 18.9 Å². The molecule has 2 amide bonds. The highest BCUT2D eigenvalue weighted by Gasteiger charge is 2.51. The number of alkyl halides is 3. The zero-order chi connectivity index (χ0) is 26.4. The maximum Gasteiger partial charge on any atom is 0.573 e. The molecule has 0 aromatic heterocycles. The van der Waals surface area contributed by atoms with Crippen LogP contribution >= 0.6 is 0 Å². The van der Waals surface area contributed by atoms with Crippen molar-refractivity contribution in [2.45, 2.75) is 24.6 Å². The van der Waals surface area contributed by atoms with Crippen molar-refractivity contribution in [1.29, 1.82) is 0 Å². The van der Waals surface area contributed by atoms with E-state index in [1.54, 1.807) is 44.4 Å². The zero-order valence-electron chi connectivity index (χ0n) is 20.0. The van der Waals surface area contributed by atoms with Crippen molar-refractivity contribution in [3.8, 4) is 28.4 Å². The Balaban J connectivity index is 0.00000336. The molecule has 1 saturated carbocycles. The van der Waals surface area contributed by atoms with E-state index in [1.807, 2.05) is 6.07 Å². The number of carbonyl (C=O) groups is 2. The number of hydrogen-bond acceptors (Lipinski definition) is 5. The summed E-state index contributed by atoms with van der Waals surface area (Å²) in [6.07, 6.45) is -3.68. The van der Waals surface area contributed by atoms with Gasteiger partial charge in [0.1, 0.15) is 5.75 Å². The first-order valence-electron chi connectivity index (χ1n) is 11.5. The molecule has 1 N–H and O–H groups in total. The summed E-state index contributed by atoms with van der Waals surface area (Å²) in [6.45, 7) is 0.119. The molecular formula is C27H25F3N2O5. The Bertz CT molecular complexity index is 1390. The number of nitrogens with one attached hydrogen (secondary N) is 1. The van der Waals surface area contributed by atoms with Crippen LogP contribution in [0.25, 0.3) is 11.1 Å². The SMILES string of the molecule is CN(C)C(=O)c1cccc(-c2cc(NC(=O)C3(c4ccc5c(c4)OCO5)CC3)ccc2OC(F)(F)F)c1.[HH]. The van der Waals surface area contributed by atoms with Crippen LogP contribution in [0.1, 0.15) is 30.2 Å². The molecule has 0 saturated heterocycles. The van der Waals surface area contributed by atoms with Crippen LogP contribution in [0.2, 0.25) is 0 Å². The van der Waals surface area contributed by atoms with Gasteiger partial charge < -0.3 is 24.4 Å². The lowest BCUT2D eigenvalue weighted by atomic mass is 9.94. The normalized spacial score (nSPS) is 15.2. The Labute approximate surface area is 212 Å². The van der Waals surface area contributed by atoms with Gasteiger partial charge in [0, 0.05) is 32.3 Å². The Morgan fingerprint density at radius 3 is 2.46 bits per heavy atom. The van der Waals surface area contributed by atoms with E-state index in [0.717, 1.165) is 11.6 Å². The second-order valence-corrected chi connectivity index (χ2v) is 9.14. The molecule has 0 bridgehead atoms. The molecule has 3 aromatic rings. The molecule has 37 heavy (non-hydrogen) atoms. The summed E-state index contributed by atoms with van der Waals surface area (Å²) in [5.41, 5.74) is 1.03. The minimum absolute atomic E-state index is 0. The Morgan fingerprint density at radius 1 is 1.00 bits per heavy atom. The van der Waals surface area contributed by atoms with E-state index in [4.69, 9.17) is 9.47 Å². The molecule has 194 valence electrons. The minimum atomic E-state index is -4.92. The van der Waals surface area contributed by atoms with E-state index in [1.165, 1.54) is 23.1 Å². The van der Waals surface area contributed by atoms with Crippen molar-refractivity contribution in [2.75, 3.05) is 26.2 Å². The fourth-order valence-electron chi connectivity index (χ4n) is 4.34. The number of ether oxygens (including phenoxy) is 3. The van der Waals surface area contributed by atoms with Gasteiger partial charge in [-0.1, -0.05) is 18.2 Å². The molecule has 0 spiro atoms. The maximum absolute atomic E-state index is 13.3. The molecule has 7 nitrogen and oxygen atoms in total. The van der Waals surface area contributed by atoms with Crippen LogP contribution in [0.15, 0.2) is 60.7 Å². The highest BCUT2D eigenvalue weighted by atomic mass is 19.4. The first-order chi connectivity index (χ1) is 17.6. The molecule has 1 heterocycles. The molecule has 10 heteroatoms. The molecule has 2 aliphatic rings. The second-order valence-electron chi connectivity index (χ2n) is 9.14. The average Bonchev–Trinajstić information content (AvgIpc) is 3.54. The van der Waals surface area contributed by atoms with Gasteiger partial charge in [-0.05, 0) is 66.4 Å². The zero-order valence-corrected chi connectivity index (χ0v) is 20.0. The third-order valence-corrected chi connectivity index (χ3v) is 6.40. The largest absolute Gasteiger partial charge is 0.573 e. The predicted octanol–water partition coefficient (Wildman–Crippen LogP) is 5.60. The first kappa shape index (κ1) is 24.5. The summed E-state index contributed by atoms with van der Waals surface area (Å²) >= 11 is 0. The number of rotatable bonds is 6. The fourth-order valence-corrected chi connectivity index (χ4v) is 4.34. The number of halogens is 3. The van der Waals surface area contributed by atoms with E-state index >= 15 is 0 Å². The Hall–Kier alpha value is -4.21. The van der Waals surface area contributed by atoms with Gasteiger partial charge in [0.15, 0.2) is 11.5 Å². The smallest absolute Gasteiger partial charge is 0.454 e. The number of fused-ring (bicyclic) bond motifs is 1. The number of anilines is 1. The second kappa shape index (κ2) is 9.02. The highest BCUT2D eigenvalue weighted by Crippen LogP contribution is 2.51. The summed E-state index contributed by atoms with van der Waals surface area (Å²) in [4.78, 5) is 27.1. The van der Waals surface area contributed by atoms with E-state index in [9.17, 15) is 22.8 Å². The third-order valence-electron chi connectivity index (χ3n) is 6.40.